The molecule has 5 heteroatoms. The van der Waals surface area contributed by atoms with Crippen LogP contribution in [0.25, 0.3) is 11.1 Å². The lowest BCUT2D eigenvalue weighted by atomic mass is 9.98. The van der Waals surface area contributed by atoms with Crippen LogP contribution in [0.1, 0.15) is 22.6 Å². The number of hydrogen-bond acceptors (Lipinski definition) is 3. The highest BCUT2D eigenvalue weighted by Crippen LogP contribution is 2.44. The highest BCUT2D eigenvalue weighted by Gasteiger charge is 2.28. The third-order valence-corrected chi connectivity index (χ3v) is 5.38. The molecule has 27 heavy (non-hydrogen) atoms. The molecule has 0 radical (unpaired) electrons. The monoisotopic (exact) mass is 470 g/mol. The maximum absolute atomic E-state index is 12.2. The van der Waals surface area contributed by atoms with Gasteiger partial charge in [0.1, 0.15) is 6.61 Å². The van der Waals surface area contributed by atoms with E-state index in [1.807, 2.05) is 42.5 Å². The van der Waals surface area contributed by atoms with E-state index in [4.69, 9.17) is 10.5 Å². The Morgan fingerprint density at radius 1 is 1.00 bits per heavy atom. The van der Waals surface area contributed by atoms with E-state index in [1.165, 1.54) is 22.3 Å². The van der Waals surface area contributed by atoms with Crippen molar-refractivity contribution >= 4 is 34.4 Å². The molecule has 4 nitrogen and oxygen atoms in total. The van der Waals surface area contributed by atoms with Crippen LogP contribution in [-0.4, -0.2) is 12.7 Å². The summed E-state index contributed by atoms with van der Waals surface area (Å²) in [4.78, 5) is 12.2. The molecule has 3 aromatic rings. The van der Waals surface area contributed by atoms with Crippen molar-refractivity contribution in [1.82, 2.24) is 5.32 Å². The molecule has 1 amide bonds. The van der Waals surface area contributed by atoms with E-state index < -0.39 is 6.09 Å². The van der Waals surface area contributed by atoms with Crippen molar-refractivity contribution in [3.63, 3.8) is 0 Å². The van der Waals surface area contributed by atoms with Crippen molar-refractivity contribution in [3.8, 4) is 11.1 Å². The first-order valence-electron chi connectivity index (χ1n) is 8.75. The van der Waals surface area contributed by atoms with Crippen molar-refractivity contribution in [2.45, 2.75) is 12.5 Å². The average molecular weight is 470 g/mol. The minimum atomic E-state index is -0.422. The van der Waals surface area contributed by atoms with Gasteiger partial charge in [0, 0.05) is 21.7 Å². The molecule has 0 unspecified atom stereocenters. The zero-order valence-corrected chi connectivity index (χ0v) is 16.8. The summed E-state index contributed by atoms with van der Waals surface area (Å²) in [5.74, 6) is 0.0662. The molecule has 0 atom stereocenters. The molecule has 4 rings (SSSR count). The summed E-state index contributed by atoms with van der Waals surface area (Å²) < 4.78 is 6.58. The molecule has 0 spiro atoms. The van der Waals surface area contributed by atoms with Crippen LogP contribution in [0.15, 0.2) is 66.7 Å². The Bertz CT molecular complexity index is 937. The molecule has 0 aromatic heterocycles. The number of benzene rings is 3. The van der Waals surface area contributed by atoms with Gasteiger partial charge in [-0.05, 0) is 68.6 Å². The number of nitrogens with two attached hydrogens (primary N) is 1. The van der Waals surface area contributed by atoms with Crippen LogP contribution in [0.3, 0.4) is 0 Å². The number of fused-ring (bicyclic) bond motifs is 3. The minimum absolute atomic E-state index is 0.0662. The SMILES string of the molecule is Nc1cc(I)cc(CNC(=O)OCC2c3ccccc3-c3ccccc32)c1. The zero-order chi connectivity index (χ0) is 18.8. The lowest BCUT2D eigenvalue weighted by Gasteiger charge is -2.14. The second-order valence-electron chi connectivity index (χ2n) is 6.57. The molecule has 0 heterocycles. The Balaban J connectivity index is 1.42. The number of hydrogen-bond donors (Lipinski definition) is 2. The predicted molar refractivity (Wildman–Crippen MR) is 115 cm³/mol. The van der Waals surface area contributed by atoms with Gasteiger partial charge in [-0.2, -0.15) is 0 Å². The lowest BCUT2D eigenvalue weighted by Crippen LogP contribution is -2.25. The van der Waals surface area contributed by atoms with Crippen LogP contribution in [0.4, 0.5) is 10.5 Å². The standard InChI is InChI=1S/C22H19IN2O2/c23-15-9-14(10-16(24)11-15)12-25-22(26)27-13-21-19-7-3-1-5-17(19)18-6-2-4-8-20(18)21/h1-11,21H,12-13,24H2,(H,25,26). The normalized spacial score (nSPS) is 12.3. The van der Waals surface area contributed by atoms with Crippen LogP contribution in [0.2, 0.25) is 0 Å². The maximum atomic E-state index is 12.2. The van der Waals surface area contributed by atoms with E-state index in [-0.39, 0.29) is 5.92 Å². The topological polar surface area (TPSA) is 64.3 Å². The van der Waals surface area contributed by atoms with E-state index in [0.717, 1.165) is 9.13 Å². The van der Waals surface area contributed by atoms with Crippen LogP contribution in [0, 0.1) is 3.57 Å². The highest BCUT2D eigenvalue weighted by molar-refractivity contribution is 14.1. The van der Waals surface area contributed by atoms with Crippen molar-refractivity contribution in [3.05, 3.63) is 87.0 Å². The molecule has 136 valence electrons. The summed E-state index contributed by atoms with van der Waals surface area (Å²) >= 11 is 2.21. The zero-order valence-electron chi connectivity index (χ0n) is 14.6. The predicted octanol–water partition coefficient (Wildman–Crippen LogP) is 4.91. The van der Waals surface area contributed by atoms with Crippen LogP contribution in [-0.2, 0) is 11.3 Å². The fourth-order valence-corrected chi connectivity index (χ4v) is 4.36. The molecular formula is C22H19IN2O2. The van der Waals surface area contributed by atoms with Gasteiger partial charge >= 0.3 is 6.09 Å². The number of ether oxygens (including phenoxy) is 1. The molecule has 0 saturated carbocycles. The van der Waals surface area contributed by atoms with Gasteiger partial charge in [0.2, 0.25) is 0 Å². The molecule has 0 fully saturated rings. The smallest absolute Gasteiger partial charge is 0.407 e. The quantitative estimate of drug-likeness (QED) is 0.421. The Kier molecular flexibility index (Phi) is 5.03. The van der Waals surface area contributed by atoms with Crippen molar-refractivity contribution < 1.29 is 9.53 Å². The molecule has 0 aliphatic heterocycles. The lowest BCUT2D eigenvalue weighted by molar-refractivity contribution is 0.142. The molecule has 1 aliphatic carbocycles. The summed E-state index contributed by atoms with van der Waals surface area (Å²) in [7, 11) is 0. The van der Waals surface area contributed by atoms with Gasteiger partial charge in [-0.25, -0.2) is 4.79 Å². The summed E-state index contributed by atoms with van der Waals surface area (Å²) in [6.45, 7) is 0.700. The van der Waals surface area contributed by atoms with Gasteiger partial charge in [-0.3, -0.25) is 0 Å². The van der Waals surface area contributed by atoms with E-state index >= 15 is 0 Å². The van der Waals surface area contributed by atoms with Gasteiger partial charge in [0.25, 0.3) is 0 Å². The first-order chi connectivity index (χ1) is 13.1. The summed E-state index contributed by atoms with van der Waals surface area (Å²) in [5.41, 5.74) is 12.3. The maximum Gasteiger partial charge on any atom is 0.407 e. The Morgan fingerprint density at radius 2 is 1.63 bits per heavy atom. The Morgan fingerprint density at radius 3 is 2.26 bits per heavy atom. The number of anilines is 1. The van der Waals surface area contributed by atoms with E-state index in [0.29, 0.717) is 18.8 Å². The van der Waals surface area contributed by atoms with Crippen molar-refractivity contribution in [1.29, 1.82) is 0 Å². The van der Waals surface area contributed by atoms with Crippen molar-refractivity contribution in [2.24, 2.45) is 0 Å². The fraction of sp³-hybridized carbons (Fsp3) is 0.136. The molecule has 3 aromatic carbocycles. The van der Waals surface area contributed by atoms with Crippen LogP contribution >= 0.6 is 22.6 Å². The number of amides is 1. The third kappa shape index (κ3) is 3.78. The number of nitrogens with one attached hydrogen (secondary N) is 1. The van der Waals surface area contributed by atoms with E-state index in [1.54, 1.807) is 0 Å². The summed E-state index contributed by atoms with van der Waals surface area (Å²) in [6, 6.07) is 22.3. The number of halogens is 1. The molecule has 0 saturated heterocycles. The molecule has 0 bridgehead atoms. The molecular weight excluding hydrogens is 451 g/mol. The first kappa shape index (κ1) is 17.9. The average Bonchev–Trinajstić information content (AvgIpc) is 2.98. The molecule has 1 aliphatic rings. The second kappa shape index (κ2) is 7.60. The van der Waals surface area contributed by atoms with Gasteiger partial charge in [-0.15, -0.1) is 0 Å². The third-order valence-electron chi connectivity index (χ3n) is 4.76. The van der Waals surface area contributed by atoms with E-state index in [2.05, 4.69) is 52.2 Å². The molecule has 3 N–H and O–H groups in total. The Labute approximate surface area is 171 Å². The van der Waals surface area contributed by atoms with Gasteiger partial charge in [-0.1, -0.05) is 48.5 Å². The first-order valence-corrected chi connectivity index (χ1v) is 9.83. The number of alkyl carbamates (subject to hydrolysis) is 1. The van der Waals surface area contributed by atoms with Crippen molar-refractivity contribution in [2.75, 3.05) is 12.3 Å². The second-order valence-corrected chi connectivity index (χ2v) is 7.82. The Hall–Kier alpha value is -2.54. The number of nitrogen functional groups attached to an aromatic ring is 1. The van der Waals surface area contributed by atoms with Crippen LogP contribution < -0.4 is 11.1 Å². The highest BCUT2D eigenvalue weighted by atomic mass is 127. The van der Waals surface area contributed by atoms with Gasteiger partial charge < -0.3 is 15.8 Å². The van der Waals surface area contributed by atoms with Gasteiger partial charge in [0.05, 0.1) is 0 Å². The largest absolute Gasteiger partial charge is 0.449 e. The summed E-state index contributed by atoms with van der Waals surface area (Å²) in [5, 5.41) is 2.81. The van der Waals surface area contributed by atoms with Crippen LogP contribution in [0.5, 0.6) is 0 Å². The summed E-state index contributed by atoms with van der Waals surface area (Å²) in [6.07, 6.45) is -0.422. The fourth-order valence-electron chi connectivity index (χ4n) is 3.60. The minimum Gasteiger partial charge on any atom is -0.449 e. The van der Waals surface area contributed by atoms with Gasteiger partial charge in [0.15, 0.2) is 0 Å². The number of rotatable bonds is 4. The number of carbonyl (C=O) groups excluding carboxylic acids is 1. The number of carbonyl (C=O) groups is 1. The van der Waals surface area contributed by atoms with E-state index in [9.17, 15) is 4.79 Å².